The maximum absolute atomic E-state index is 14.0. The number of ether oxygens (including phenoxy) is 1. The molecule has 0 bridgehead atoms. The van der Waals surface area contributed by atoms with E-state index in [1.807, 2.05) is 31.4 Å². The van der Waals surface area contributed by atoms with Crippen molar-refractivity contribution in [2.45, 2.75) is 70.6 Å². The van der Waals surface area contributed by atoms with Gasteiger partial charge < -0.3 is 14.5 Å². The molecule has 0 radical (unpaired) electrons. The molecule has 2 aliphatic carbocycles. The number of anilines is 2. The molecule has 6 nitrogen and oxygen atoms in total. The maximum atomic E-state index is 14.0. The molecule has 1 heterocycles. The Kier molecular flexibility index (Phi) is 9.03. The highest BCUT2D eigenvalue weighted by atomic mass is 16.5. The first-order valence-electron chi connectivity index (χ1n) is 15.0. The van der Waals surface area contributed by atoms with E-state index in [1.54, 1.807) is 7.11 Å². The van der Waals surface area contributed by atoms with Gasteiger partial charge >= 0.3 is 0 Å². The third-order valence-corrected chi connectivity index (χ3v) is 8.93. The van der Waals surface area contributed by atoms with Crippen molar-refractivity contribution in [3.05, 3.63) is 66.0 Å². The number of nitrogens with zero attached hydrogens (tertiary/aromatic N) is 4. The highest BCUT2D eigenvalue weighted by Gasteiger charge is 2.31. The van der Waals surface area contributed by atoms with Gasteiger partial charge in [-0.1, -0.05) is 43.5 Å². The minimum absolute atomic E-state index is 0.138. The van der Waals surface area contributed by atoms with Crippen LogP contribution in [-0.2, 0) is 4.79 Å². The summed E-state index contributed by atoms with van der Waals surface area (Å²) in [5.41, 5.74) is 5.63. The fourth-order valence-corrected chi connectivity index (χ4v) is 6.54. The second kappa shape index (κ2) is 12.8. The fourth-order valence-electron chi connectivity index (χ4n) is 6.54. The largest absolute Gasteiger partial charge is 0.496 e. The highest BCUT2D eigenvalue weighted by molar-refractivity contribution is 5.95. The first-order valence-corrected chi connectivity index (χ1v) is 15.0. The minimum Gasteiger partial charge on any atom is -0.496 e. The third kappa shape index (κ3) is 6.48. The number of carbonyl (C=O) groups is 1. The quantitative estimate of drug-likeness (QED) is 0.298. The van der Waals surface area contributed by atoms with E-state index in [4.69, 9.17) is 4.74 Å². The summed E-state index contributed by atoms with van der Waals surface area (Å²) in [6, 6.07) is 15.0. The molecule has 3 aromatic rings. The molecule has 0 N–H and O–H groups in total. The summed E-state index contributed by atoms with van der Waals surface area (Å²) in [5.74, 6) is 3.18. The smallest absolute Gasteiger partial charge is 0.230 e. The van der Waals surface area contributed by atoms with E-state index >= 15 is 0 Å². The molecule has 2 aliphatic rings. The van der Waals surface area contributed by atoms with Crippen molar-refractivity contribution in [3.63, 3.8) is 0 Å². The predicted molar refractivity (Wildman–Crippen MR) is 163 cm³/mol. The zero-order chi connectivity index (χ0) is 28.1. The Morgan fingerprint density at radius 2 is 1.62 bits per heavy atom. The summed E-state index contributed by atoms with van der Waals surface area (Å²) in [5, 5.41) is 0. The Labute approximate surface area is 239 Å². The van der Waals surface area contributed by atoms with Crippen LogP contribution in [-0.4, -0.2) is 43.6 Å². The van der Waals surface area contributed by atoms with Crippen LogP contribution in [0.25, 0.3) is 11.1 Å². The molecule has 2 fully saturated rings. The molecule has 0 saturated heterocycles. The van der Waals surface area contributed by atoms with E-state index in [9.17, 15) is 4.79 Å². The second-order valence-electron chi connectivity index (χ2n) is 11.9. The number of benzene rings is 2. The van der Waals surface area contributed by atoms with E-state index in [-0.39, 0.29) is 5.92 Å². The Hall–Kier alpha value is -3.41. The zero-order valence-corrected chi connectivity index (χ0v) is 24.6. The van der Waals surface area contributed by atoms with Gasteiger partial charge in [0.05, 0.1) is 7.11 Å². The lowest BCUT2D eigenvalue weighted by molar-refractivity contribution is -0.123. The standard InChI is InChI=1S/C34H44N4O2/c1-24-19-29(17-18-32(24)40-4)26-15-13-25(14-16-26)23-38(33(39)27-9-6-5-7-10-27)31-12-8-11-28(20-31)30-21-35-34(36-22-30)37(2)3/h8,11-12,17-22,25-27H,5-7,9-10,13-16,23H2,1-4H3. The van der Waals surface area contributed by atoms with Crippen molar-refractivity contribution in [2.75, 3.05) is 37.5 Å². The van der Waals surface area contributed by atoms with Gasteiger partial charge in [0.1, 0.15) is 5.75 Å². The summed E-state index contributed by atoms with van der Waals surface area (Å²) < 4.78 is 5.47. The molecular weight excluding hydrogens is 496 g/mol. The normalized spacial score (nSPS) is 19.7. The van der Waals surface area contributed by atoms with Gasteiger partial charge in [-0.3, -0.25) is 4.79 Å². The van der Waals surface area contributed by atoms with Crippen LogP contribution in [0.5, 0.6) is 5.75 Å². The molecule has 2 saturated carbocycles. The lowest BCUT2D eigenvalue weighted by Crippen LogP contribution is -2.41. The molecule has 0 spiro atoms. The van der Waals surface area contributed by atoms with Crippen LogP contribution in [0.15, 0.2) is 54.9 Å². The van der Waals surface area contributed by atoms with Crippen LogP contribution in [0.1, 0.15) is 74.8 Å². The zero-order valence-electron chi connectivity index (χ0n) is 24.6. The van der Waals surface area contributed by atoms with Crippen molar-refractivity contribution in [1.82, 2.24) is 9.97 Å². The van der Waals surface area contributed by atoms with Gasteiger partial charge in [0.15, 0.2) is 0 Å². The van der Waals surface area contributed by atoms with E-state index in [2.05, 4.69) is 64.3 Å². The molecule has 40 heavy (non-hydrogen) atoms. The van der Waals surface area contributed by atoms with E-state index in [0.717, 1.165) is 80.5 Å². The number of methoxy groups -OCH3 is 1. The van der Waals surface area contributed by atoms with Crippen molar-refractivity contribution >= 4 is 17.5 Å². The van der Waals surface area contributed by atoms with Crippen molar-refractivity contribution in [3.8, 4) is 16.9 Å². The van der Waals surface area contributed by atoms with Crippen molar-refractivity contribution < 1.29 is 9.53 Å². The van der Waals surface area contributed by atoms with Gasteiger partial charge in [-0.2, -0.15) is 0 Å². The molecule has 0 unspecified atom stereocenters. The fraction of sp³-hybridized carbons (Fsp3) is 0.500. The number of amides is 1. The summed E-state index contributed by atoms with van der Waals surface area (Å²) in [4.78, 5) is 27.0. The molecule has 2 aromatic carbocycles. The van der Waals surface area contributed by atoms with Crippen LogP contribution >= 0.6 is 0 Å². The number of carbonyl (C=O) groups excluding carboxylic acids is 1. The van der Waals surface area contributed by atoms with Crippen LogP contribution < -0.4 is 14.5 Å². The Balaban J connectivity index is 1.33. The Morgan fingerprint density at radius 1 is 0.900 bits per heavy atom. The van der Waals surface area contributed by atoms with Gasteiger partial charge in [-0.25, -0.2) is 9.97 Å². The molecule has 212 valence electrons. The predicted octanol–water partition coefficient (Wildman–Crippen LogP) is 7.41. The van der Waals surface area contributed by atoms with Gasteiger partial charge in [0.2, 0.25) is 11.9 Å². The number of rotatable bonds is 8. The van der Waals surface area contributed by atoms with E-state index in [1.165, 1.54) is 17.5 Å². The highest BCUT2D eigenvalue weighted by Crippen LogP contribution is 2.39. The average molecular weight is 541 g/mol. The number of aromatic nitrogens is 2. The first-order chi connectivity index (χ1) is 19.4. The Bertz CT molecular complexity index is 1280. The lowest BCUT2D eigenvalue weighted by atomic mass is 9.78. The average Bonchev–Trinajstić information content (AvgIpc) is 3.00. The third-order valence-electron chi connectivity index (χ3n) is 8.93. The van der Waals surface area contributed by atoms with Crippen LogP contribution in [0.3, 0.4) is 0 Å². The summed E-state index contributed by atoms with van der Waals surface area (Å²) >= 11 is 0. The summed E-state index contributed by atoms with van der Waals surface area (Å²) in [6.45, 7) is 2.92. The first kappa shape index (κ1) is 28.1. The second-order valence-corrected chi connectivity index (χ2v) is 11.9. The maximum Gasteiger partial charge on any atom is 0.230 e. The van der Waals surface area contributed by atoms with Crippen LogP contribution in [0.4, 0.5) is 11.6 Å². The molecular formula is C34H44N4O2. The van der Waals surface area contributed by atoms with Crippen LogP contribution in [0, 0.1) is 18.8 Å². The van der Waals surface area contributed by atoms with Crippen molar-refractivity contribution in [1.29, 1.82) is 0 Å². The molecule has 6 heteroatoms. The molecule has 0 aliphatic heterocycles. The van der Waals surface area contributed by atoms with Gasteiger partial charge in [-0.05, 0) is 92.2 Å². The van der Waals surface area contributed by atoms with Crippen LogP contribution in [0.2, 0.25) is 0 Å². The van der Waals surface area contributed by atoms with E-state index < -0.39 is 0 Å². The number of hydrogen-bond acceptors (Lipinski definition) is 5. The minimum atomic E-state index is 0.138. The monoisotopic (exact) mass is 540 g/mol. The summed E-state index contributed by atoms with van der Waals surface area (Å²) in [6.07, 6.45) is 13.9. The molecule has 1 amide bonds. The topological polar surface area (TPSA) is 58.6 Å². The lowest BCUT2D eigenvalue weighted by Gasteiger charge is -2.35. The van der Waals surface area contributed by atoms with E-state index in [0.29, 0.717) is 23.7 Å². The summed E-state index contributed by atoms with van der Waals surface area (Å²) in [7, 11) is 5.61. The Morgan fingerprint density at radius 3 is 2.27 bits per heavy atom. The number of hydrogen-bond donors (Lipinski definition) is 0. The van der Waals surface area contributed by atoms with Gasteiger partial charge in [0, 0.05) is 50.2 Å². The molecule has 5 rings (SSSR count). The number of aryl methyl sites for hydroxylation is 1. The molecule has 1 aromatic heterocycles. The van der Waals surface area contributed by atoms with Gasteiger partial charge in [-0.15, -0.1) is 0 Å². The van der Waals surface area contributed by atoms with Gasteiger partial charge in [0.25, 0.3) is 0 Å². The molecule has 0 atom stereocenters. The van der Waals surface area contributed by atoms with Crippen molar-refractivity contribution in [2.24, 2.45) is 11.8 Å². The SMILES string of the molecule is COc1ccc(C2CCC(CN(C(=O)C3CCCCC3)c3cccc(-c4cnc(N(C)C)nc4)c3)CC2)cc1C.